The van der Waals surface area contributed by atoms with Crippen molar-refractivity contribution in [3.05, 3.63) is 87.8 Å². The number of anilines is 1. The van der Waals surface area contributed by atoms with Crippen molar-refractivity contribution < 1.29 is 14.6 Å². The molecule has 0 fully saturated rings. The van der Waals surface area contributed by atoms with Gasteiger partial charge in [0.1, 0.15) is 11.5 Å². The van der Waals surface area contributed by atoms with E-state index in [1.165, 1.54) is 0 Å². The molecule has 0 aromatic heterocycles. The van der Waals surface area contributed by atoms with Crippen LogP contribution in [0.3, 0.4) is 0 Å². The van der Waals surface area contributed by atoms with Crippen LogP contribution in [0.1, 0.15) is 21.5 Å². The molecule has 27 heavy (non-hydrogen) atoms. The van der Waals surface area contributed by atoms with Crippen LogP contribution in [0, 0.1) is 0 Å². The second-order valence-corrected chi connectivity index (χ2v) is 6.72. The molecule has 4 rings (SSSR count). The highest BCUT2D eigenvalue weighted by molar-refractivity contribution is 5.97. The molecule has 1 aliphatic rings. The van der Waals surface area contributed by atoms with E-state index in [1.54, 1.807) is 18.2 Å². The van der Waals surface area contributed by atoms with Gasteiger partial charge in [0.05, 0.1) is 5.97 Å². The van der Waals surface area contributed by atoms with E-state index in [-0.39, 0.29) is 5.56 Å². The first-order chi connectivity index (χ1) is 13.0. The molecule has 4 nitrogen and oxygen atoms in total. The molecule has 0 saturated carbocycles. The Morgan fingerprint density at radius 1 is 0.963 bits per heavy atom. The van der Waals surface area contributed by atoms with Crippen molar-refractivity contribution in [2.75, 3.05) is 19.0 Å². The van der Waals surface area contributed by atoms with E-state index in [2.05, 4.69) is 6.58 Å². The van der Waals surface area contributed by atoms with Crippen LogP contribution >= 0.6 is 0 Å². The van der Waals surface area contributed by atoms with E-state index in [0.29, 0.717) is 17.1 Å². The van der Waals surface area contributed by atoms with Gasteiger partial charge in [-0.15, -0.1) is 0 Å². The summed E-state index contributed by atoms with van der Waals surface area (Å²) < 4.78 is 6.15. The number of carbonyl (C=O) groups is 1. The third kappa shape index (κ3) is 2.85. The predicted octanol–water partition coefficient (Wildman–Crippen LogP) is 1.88. The third-order valence-electron chi connectivity index (χ3n) is 4.70. The summed E-state index contributed by atoms with van der Waals surface area (Å²) in [5.74, 6) is 0.142. The molecule has 0 aliphatic carbocycles. The van der Waals surface area contributed by atoms with Gasteiger partial charge in [0.2, 0.25) is 0 Å². The highest BCUT2D eigenvalue weighted by Gasteiger charge is 2.22. The lowest BCUT2D eigenvalue weighted by atomic mass is 9.89. The third-order valence-corrected chi connectivity index (χ3v) is 4.70. The van der Waals surface area contributed by atoms with Crippen LogP contribution in [-0.4, -0.2) is 20.1 Å². The van der Waals surface area contributed by atoms with E-state index in [9.17, 15) is 9.90 Å². The van der Waals surface area contributed by atoms with E-state index in [1.807, 2.05) is 61.5 Å². The minimum Gasteiger partial charge on any atom is -0.545 e. The number of benzene rings is 3. The molecule has 0 radical (unpaired) electrons. The zero-order valence-electron chi connectivity index (χ0n) is 15.2. The topological polar surface area (TPSA) is 52.6 Å². The standard InChI is InChI=1S/C23H19NO3/c1-14-8-10-18-20(12-14)27-21-13-15(24(2)3)9-11-19(21)22(18)16-6-4-5-7-17(16)23(25)26/h4-13H,1H2,2-3H3,(H,25,26)/p-1. The quantitative estimate of drug-likeness (QED) is 0.562. The number of rotatable bonds is 3. The van der Waals surface area contributed by atoms with Gasteiger partial charge in [-0.3, -0.25) is 0 Å². The molecule has 0 saturated heterocycles. The van der Waals surface area contributed by atoms with Gasteiger partial charge in [0.15, 0.2) is 0 Å². The number of carboxylic acids is 1. The van der Waals surface area contributed by atoms with Crippen LogP contribution < -0.4 is 25.2 Å². The molecular formula is C23H18NO3-. The van der Waals surface area contributed by atoms with Gasteiger partial charge >= 0.3 is 0 Å². The number of aromatic carboxylic acids is 1. The molecule has 0 amide bonds. The molecule has 1 aliphatic heterocycles. The van der Waals surface area contributed by atoms with Gasteiger partial charge in [-0.1, -0.05) is 43.0 Å². The lowest BCUT2D eigenvalue weighted by molar-refractivity contribution is -0.255. The normalized spacial score (nSPS) is 12.0. The smallest absolute Gasteiger partial charge is 0.137 e. The minimum absolute atomic E-state index is 0.154. The molecule has 4 heteroatoms. The Hall–Kier alpha value is -3.53. The van der Waals surface area contributed by atoms with Gasteiger partial charge in [-0.2, -0.15) is 0 Å². The van der Waals surface area contributed by atoms with Crippen molar-refractivity contribution in [2.24, 2.45) is 0 Å². The summed E-state index contributed by atoms with van der Waals surface area (Å²) in [6.45, 7) is 3.97. The summed E-state index contributed by atoms with van der Waals surface area (Å²) in [4.78, 5) is 13.7. The maximum Gasteiger partial charge on any atom is 0.137 e. The van der Waals surface area contributed by atoms with Gasteiger partial charge in [-0.05, 0) is 29.0 Å². The van der Waals surface area contributed by atoms with Crippen LogP contribution in [0.2, 0.25) is 0 Å². The first kappa shape index (κ1) is 16.9. The highest BCUT2D eigenvalue weighted by atomic mass is 16.5. The van der Waals surface area contributed by atoms with Crippen molar-refractivity contribution >= 4 is 23.8 Å². The van der Waals surface area contributed by atoms with E-state index in [4.69, 9.17) is 4.74 Å². The highest BCUT2D eigenvalue weighted by Crippen LogP contribution is 2.38. The minimum atomic E-state index is -1.20. The summed E-state index contributed by atoms with van der Waals surface area (Å²) in [5.41, 5.74) is 3.42. The van der Waals surface area contributed by atoms with Crippen molar-refractivity contribution in [3.63, 3.8) is 0 Å². The number of ether oxygens (including phenoxy) is 1. The van der Waals surface area contributed by atoms with Crippen LogP contribution in [0.15, 0.2) is 60.7 Å². The van der Waals surface area contributed by atoms with Gasteiger partial charge < -0.3 is 19.5 Å². The fraction of sp³-hybridized carbons (Fsp3) is 0.0870. The van der Waals surface area contributed by atoms with E-state index >= 15 is 0 Å². The average molecular weight is 356 g/mol. The molecule has 0 atom stereocenters. The molecule has 0 bridgehead atoms. The predicted molar refractivity (Wildman–Crippen MR) is 104 cm³/mol. The first-order valence-electron chi connectivity index (χ1n) is 8.59. The van der Waals surface area contributed by atoms with Crippen LogP contribution in [-0.2, 0) is 0 Å². The molecule has 3 aromatic carbocycles. The summed E-state index contributed by atoms with van der Waals surface area (Å²) in [7, 11) is 3.92. The Kier molecular flexibility index (Phi) is 3.96. The van der Waals surface area contributed by atoms with Crippen molar-refractivity contribution in [2.45, 2.75) is 0 Å². The molecule has 1 heterocycles. The van der Waals surface area contributed by atoms with Crippen LogP contribution in [0.5, 0.6) is 11.5 Å². The van der Waals surface area contributed by atoms with Gasteiger partial charge in [-0.25, -0.2) is 0 Å². The number of nitrogens with zero attached hydrogens (tertiary/aromatic N) is 1. The van der Waals surface area contributed by atoms with Gasteiger partial charge in [0, 0.05) is 47.8 Å². The lowest BCUT2D eigenvalue weighted by Gasteiger charge is -2.24. The second-order valence-electron chi connectivity index (χ2n) is 6.72. The number of carbonyl (C=O) groups excluding carboxylic acids is 1. The van der Waals surface area contributed by atoms with E-state index in [0.717, 1.165) is 27.3 Å². The van der Waals surface area contributed by atoms with Crippen molar-refractivity contribution in [1.29, 1.82) is 0 Å². The van der Waals surface area contributed by atoms with Gasteiger partial charge in [0.25, 0.3) is 0 Å². The van der Waals surface area contributed by atoms with Crippen molar-refractivity contribution in [3.8, 4) is 11.5 Å². The number of carboxylic acid groups (broad SMARTS) is 1. The fourth-order valence-electron chi connectivity index (χ4n) is 3.37. The Morgan fingerprint density at radius 2 is 1.74 bits per heavy atom. The molecule has 0 unspecified atom stereocenters. The molecular weight excluding hydrogens is 338 g/mol. The molecule has 134 valence electrons. The lowest BCUT2D eigenvalue weighted by Crippen LogP contribution is -2.26. The largest absolute Gasteiger partial charge is 0.545 e. The SMILES string of the molecule is C=c1ccc2c(c1)Oc1cc(N(C)C)ccc1C=2c1ccccc1C(=O)[O-]. The fourth-order valence-corrected chi connectivity index (χ4v) is 3.37. The number of fused-ring (bicyclic) bond motifs is 2. The Labute approximate surface area is 157 Å². The molecule has 0 N–H and O–H groups in total. The Balaban J connectivity index is 2.11. The Morgan fingerprint density at radius 3 is 2.48 bits per heavy atom. The maximum atomic E-state index is 11.7. The molecule has 3 aromatic rings. The van der Waals surface area contributed by atoms with Crippen LogP contribution in [0.4, 0.5) is 5.69 Å². The van der Waals surface area contributed by atoms with E-state index < -0.39 is 5.97 Å². The summed E-state index contributed by atoms with van der Waals surface area (Å²) in [6.07, 6.45) is 0. The summed E-state index contributed by atoms with van der Waals surface area (Å²) in [5, 5.41) is 13.4. The summed E-state index contributed by atoms with van der Waals surface area (Å²) >= 11 is 0. The number of hydrogen-bond acceptors (Lipinski definition) is 4. The van der Waals surface area contributed by atoms with Crippen LogP contribution in [0.25, 0.3) is 12.2 Å². The zero-order chi connectivity index (χ0) is 19.1. The first-order valence-corrected chi connectivity index (χ1v) is 8.59. The Bertz CT molecular complexity index is 1180. The monoisotopic (exact) mass is 356 g/mol. The van der Waals surface area contributed by atoms with Crippen molar-refractivity contribution in [1.82, 2.24) is 0 Å². The zero-order valence-corrected chi connectivity index (χ0v) is 15.2. The average Bonchev–Trinajstić information content (AvgIpc) is 2.65. The summed E-state index contributed by atoms with van der Waals surface area (Å²) in [6, 6.07) is 18.5. The number of hydrogen-bond donors (Lipinski definition) is 0. The molecule has 0 spiro atoms. The maximum absolute atomic E-state index is 11.7. The second kappa shape index (κ2) is 6.32.